The van der Waals surface area contributed by atoms with E-state index in [9.17, 15) is 9.59 Å². The first kappa shape index (κ1) is 28.4. The van der Waals surface area contributed by atoms with Crippen LogP contribution in [0.4, 0.5) is 0 Å². The van der Waals surface area contributed by atoms with E-state index < -0.39 is 11.9 Å². The Morgan fingerprint density at radius 2 is 1.55 bits per heavy atom. The molecule has 0 spiro atoms. The average molecular weight is 579 g/mol. The van der Waals surface area contributed by atoms with Crippen LogP contribution in [0.1, 0.15) is 38.8 Å². The highest BCUT2D eigenvalue weighted by Gasteiger charge is 2.15. The zero-order valence-corrected chi connectivity index (χ0v) is 23.5. The summed E-state index contributed by atoms with van der Waals surface area (Å²) in [7, 11) is 0. The standard InChI is InChI=1S/C34H27ClN2O5/c1-2-40-27-18-13-25(14-19-27)34(39)42-32-20-15-24-7-3-4-8-28(24)30(32)21-36-37-33(38)29-9-5-6-10-31(29)41-22-23-11-16-26(35)17-12-23/h3-21H,2,22H2,1H3,(H,37,38)/b36-21-. The van der Waals surface area contributed by atoms with E-state index in [2.05, 4.69) is 10.5 Å². The van der Waals surface area contributed by atoms with Gasteiger partial charge in [-0.15, -0.1) is 0 Å². The van der Waals surface area contributed by atoms with Gasteiger partial charge >= 0.3 is 5.97 Å². The van der Waals surface area contributed by atoms with Gasteiger partial charge in [0.15, 0.2) is 0 Å². The second-order valence-electron chi connectivity index (χ2n) is 9.16. The molecule has 5 aromatic rings. The van der Waals surface area contributed by atoms with Crippen LogP contribution in [-0.2, 0) is 6.61 Å². The molecule has 0 heterocycles. The van der Waals surface area contributed by atoms with Crippen molar-refractivity contribution >= 4 is 40.5 Å². The number of ether oxygens (including phenoxy) is 3. The molecule has 0 radical (unpaired) electrons. The highest BCUT2D eigenvalue weighted by molar-refractivity contribution is 6.30. The Balaban J connectivity index is 1.34. The number of carbonyl (C=O) groups is 2. The molecule has 0 saturated carbocycles. The molecule has 0 aliphatic carbocycles. The third-order valence-corrected chi connectivity index (χ3v) is 6.59. The fourth-order valence-corrected chi connectivity index (χ4v) is 4.37. The number of fused-ring (bicyclic) bond motifs is 1. The molecule has 0 aliphatic rings. The van der Waals surface area contributed by atoms with Crippen molar-refractivity contribution in [3.8, 4) is 17.2 Å². The maximum absolute atomic E-state index is 13.1. The maximum atomic E-state index is 13.1. The van der Waals surface area contributed by atoms with Crippen molar-refractivity contribution in [2.75, 3.05) is 6.61 Å². The lowest BCUT2D eigenvalue weighted by atomic mass is 10.0. The first-order valence-electron chi connectivity index (χ1n) is 13.3. The Hall–Kier alpha value is -5.14. The van der Waals surface area contributed by atoms with Crippen LogP contribution in [0.5, 0.6) is 17.2 Å². The molecule has 1 amide bonds. The molecular weight excluding hydrogens is 552 g/mol. The zero-order chi connectivity index (χ0) is 29.3. The number of amides is 1. The van der Waals surface area contributed by atoms with E-state index >= 15 is 0 Å². The van der Waals surface area contributed by atoms with E-state index in [1.54, 1.807) is 66.7 Å². The van der Waals surface area contributed by atoms with Crippen LogP contribution in [0, 0.1) is 0 Å². The van der Waals surface area contributed by atoms with Crippen molar-refractivity contribution in [3.05, 3.63) is 136 Å². The lowest BCUT2D eigenvalue weighted by Crippen LogP contribution is -2.19. The highest BCUT2D eigenvalue weighted by atomic mass is 35.5. The van der Waals surface area contributed by atoms with E-state index in [-0.39, 0.29) is 6.61 Å². The Morgan fingerprint density at radius 1 is 0.810 bits per heavy atom. The number of hydrazone groups is 1. The normalized spacial score (nSPS) is 10.9. The summed E-state index contributed by atoms with van der Waals surface area (Å²) in [4.78, 5) is 26.0. The van der Waals surface area contributed by atoms with Gasteiger partial charge in [0.1, 0.15) is 23.9 Å². The summed E-state index contributed by atoms with van der Waals surface area (Å²) in [5, 5.41) is 6.57. The Morgan fingerprint density at radius 3 is 2.33 bits per heavy atom. The molecule has 0 aromatic heterocycles. The van der Waals surface area contributed by atoms with E-state index in [0.29, 0.717) is 45.6 Å². The lowest BCUT2D eigenvalue weighted by Gasteiger charge is -2.12. The van der Waals surface area contributed by atoms with Crippen molar-refractivity contribution in [2.24, 2.45) is 5.10 Å². The van der Waals surface area contributed by atoms with Gasteiger partial charge < -0.3 is 14.2 Å². The Labute approximate surface area is 248 Å². The molecule has 42 heavy (non-hydrogen) atoms. The molecule has 5 rings (SSSR count). The van der Waals surface area contributed by atoms with Crippen molar-refractivity contribution in [2.45, 2.75) is 13.5 Å². The van der Waals surface area contributed by atoms with Gasteiger partial charge in [-0.2, -0.15) is 5.10 Å². The summed E-state index contributed by atoms with van der Waals surface area (Å²) in [6, 6.07) is 32.1. The number of esters is 1. The third kappa shape index (κ3) is 6.95. The lowest BCUT2D eigenvalue weighted by molar-refractivity contribution is 0.0734. The van der Waals surface area contributed by atoms with Gasteiger partial charge in [0, 0.05) is 10.6 Å². The molecule has 5 aromatic carbocycles. The number of hydrogen-bond donors (Lipinski definition) is 1. The van der Waals surface area contributed by atoms with Gasteiger partial charge in [-0.1, -0.05) is 66.2 Å². The fraction of sp³-hybridized carbons (Fsp3) is 0.0882. The topological polar surface area (TPSA) is 86.2 Å². The predicted octanol–water partition coefficient (Wildman–Crippen LogP) is 7.45. The number of nitrogens with one attached hydrogen (secondary N) is 1. The smallest absolute Gasteiger partial charge is 0.343 e. The van der Waals surface area contributed by atoms with Gasteiger partial charge in [0.05, 0.1) is 23.9 Å². The Kier molecular flexibility index (Phi) is 9.11. The van der Waals surface area contributed by atoms with Crippen LogP contribution in [0.2, 0.25) is 5.02 Å². The number of carbonyl (C=O) groups excluding carboxylic acids is 2. The minimum absolute atomic E-state index is 0.268. The van der Waals surface area contributed by atoms with Crippen molar-refractivity contribution < 1.29 is 23.8 Å². The third-order valence-electron chi connectivity index (χ3n) is 6.33. The molecular formula is C34H27ClN2O5. The monoisotopic (exact) mass is 578 g/mol. The number of halogens is 1. The number of rotatable bonds is 10. The molecule has 0 fully saturated rings. The minimum Gasteiger partial charge on any atom is -0.494 e. The quantitative estimate of drug-likeness (QED) is 0.0804. The van der Waals surface area contributed by atoms with Crippen LogP contribution in [0.25, 0.3) is 10.8 Å². The summed E-state index contributed by atoms with van der Waals surface area (Å²) < 4.78 is 17.1. The van der Waals surface area contributed by atoms with Crippen molar-refractivity contribution in [1.82, 2.24) is 5.43 Å². The number of benzene rings is 5. The summed E-state index contributed by atoms with van der Waals surface area (Å²) in [6.45, 7) is 2.69. The summed E-state index contributed by atoms with van der Waals surface area (Å²) in [5.41, 5.74) is 4.72. The molecule has 210 valence electrons. The van der Waals surface area contributed by atoms with Crippen molar-refractivity contribution in [3.63, 3.8) is 0 Å². The second kappa shape index (κ2) is 13.5. The van der Waals surface area contributed by atoms with Gasteiger partial charge in [-0.3, -0.25) is 4.79 Å². The average Bonchev–Trinajstić information content (AvgIpc) is 3.02. The van der Waals surface area contributed by atoms with Crippen LogP contribution >= 0.6 is 11.6 Å². The highest BCUT2D eigenvalue weighted by Crippen LogP contribution is 2.28. The van der Waals surface area contributed by atoms with Crippen LogP contribution in [0.3, 0.4) is 0 Å². The van der Waals surface area contributed by atoms with E-state index in [0.717, 1.165) is 16.3 Å². The summed E-state index contributed by atoms with van der Waals surface area (Å²) in [5.74, 6) is 0.401. The predicted molar refractivity (Wildman–Crippen MR) is 164 cm³/mol. The number of hydrogen-bond acceptors (Lipinski definition) is 6. The molecule has 8 heteroatoms. The second-order valence-corrected chi connectivity index (χ2v) is 9.59. The van der Waals surface area contributed by atoms with Crippen LogP contribution in [-0.4, -0.2) is 24.7 Å². The first-order valence-corrected chi connectivity index (χ1v) is 13.7. The number of nitrogens with zero attached hydrogens (tertiary/aromatic N) is 1. The minimum atomic E-state index is -0.529. The zero-order valence-electron chi connectivity index (χ0n) is 22.8. The molecule has 1 N–H and O–H groups in total. The van der Waals surface area contributed by atoms with Gasteiger partial charge in [0.2, 0.25) is 0 Å². The first-order chi connectivity index (χ1) is 20.5. The summed E-state index contributed by atoms with van der Waals surface area (Å²) in [6.07, 6.45) is 1.47. The Bertz CT molecular complexity index is 1730. The van der Waals surface area contributed by atoms with E-state index in [4.69, 9.17) is 25.8 Å². The SMILES string of the molecule is CCOc1ccc(C(=O)Oc2ccc3ccccc3c2/C=N\NC(=O)c2ccccc2OCc2ccc(Cl)cc2)cc1. The van der Waals surface area contributed by atoms with E-state index in [1.165, 1.54) is 6.21 Å². The molecule has 0 bridgehead atoms. The van der Waals surface area contributed by atoms with E-state index in [1.807, 2.05) is 49.4 Å². The molecule has 7 nitrogen and oxygen atoms in total. The van der Waals surface area contributed by atoms with Crippen LogP contribution in [0.15, 0.2) is 114 Å². The number of para-hydroxylation sites is 1. The molecule has 0 saturated heterocycles. The largest absolute Gasteiger partial charge is 0.494 e. The molecule has 0 atom stereocenters. The van der Waals surface area contributed by atoms with Crippen molar-refractivity contribution in [1.29, 1.82) is 0 Å². The summed E-state index contributed by atoms with van der Waals surface area (Å²) >= 11 is 5.96. The molecule has 0 unspecified atom stereocenters. The van der Waals surface area contributed by atoms with Gasteiger partial charge in [-0.05, 0) is 77.9 Å². The van der Waals surface area contributed by atoms with Crippen LogP contribution < -0.4 is 19.6 Å². The van der Waals surface area contributed by atoms with Gasteiger partial charge in [0.25, 0.3) is 5.91 Å². The molecule has 0 aliphatic heterocycles. The maximum Gasteiger partial charge on any atom is 0.343 e. The van der Waals surface area contributed by atoms with Gasteiger partial charge in [-0.25, -0.2) is 10.2 Å². The fourth-order valence-electron chi connectivity index (χ4n) is 4.25.